The number of ether oxygens (including phenoxy) is 1. The van der Waals surface area contributed by atoms with Crippen LogP contribution in [0.4, 0.5) is 13.2 Å². The van der Waals surface area contributed by atoms with E-state index in [4.69, 9.17) is 10.5 Å². The number of rotatable bonds is 3. The van der Waals surface area contributed by atoms with Crippen LogP contribution in [0.15, 0.2) is 12.1 Å². The average Bonchev–Trinajstić information content (AvgIpc) is 2.45. The maximum Gasteiger partial charge on any atom is 0.194 e. The molecule has 2 N–H and O–H groups in total. The number of halogens is 3. The van der Waals surface area contributed by atoms with E-state index in [1.54, 1.807) is 0 Å². The second-order valence-electron chi connectivity index (χ2n) is 6.68. The molecular weight excluding hydrogens is 279 g/mol. The molecule has 2 nitrogen and oxygen atoms in total. The van der Waals surface area contributed by atoms with Crippen LogP contribution in [0.2, 0.25) is 0 Å². The number of nitrogens with two attached hydrogens (primary N) is 1. The third-order valence-electron chi connectivity index (χ3n) is 4.82. The standard InChI is InChI=1S/C16H22F3NO/c1-15(2)6-8-16(21-3,9-7-15)14(20)10-4-5-11(17)13(19)12(10)18/h4-5,14H,6-9,20H2,1-3H3. The summed E-state index contributed by atoms with van der Waals surface area (Å²) in [5.74, 6) is -3.91. The quantitative estimate of drug-likeness (QED) is 0.853. The Kier molecular flexibility index (Phi) is 4.36. The molecule has 1 fully saturated rings. The largest absolute Gasteiger partial charge is 0.376 e. The van der Waals surface area contributed by atoms with Gasteiger partial charge in [0.05, 0.1) is 11.6 Å². The lowest BCUT2D eigenvalue weighted by Crippen LogP contribution is -2.47. The Balaban J connectivity index is 2.33. The smallest absolute Gasteiger partial charge is 0.194 e. The SMILES string of the molecule is COC1(C(N)c2ccc(F)c(F)c2F)CCC(C)(C)CC1. The summed E-state index contributed by atoms with van der Waals surface area (Å²) in [5, 5.41) is 0. The van der Waals surface area contributed by atoms with Gasteiger partial charge in [-0.15, -0.1) is 0 Å². The molecule has 2 rings (SSSR count). The van der Waals surface area contributed by atoms with Crippen molar-refractivity contribution in [3.05, 3.63) is 35.1 Å². The lowest BCUT2D eigenvalue weighted by Gasteiger charge is -2.46. The topological polar surface area (TPSA) is 35.2 Å². The zero-order chi connectivity index (χ0) is 15.8. The summed E-state index contributed by atoms with van der Waals surface area (Å²) in [4.78, 5) is 0. The van der Waals surface area contributed by atoms with Crippen molar-refractivity contribution in [2.75, 3.05) is 7.11 Å². The predicted molar refractivity (Wildman–Crippen MR) is 75.2 cm³/mol. The van der Waals surface area contributed by atoms with E-state index in [0.29, 0.717) is 12.8 Å². The van der Waals surface area contributed by atoms with Crippen LogP contribution in [-0.4, -0.2) is 12.7 Å². The average molecular weight is 301 g/mol. The van der Waals surface area contributed by atoms with Crippen molar-refractivity contribution in [3.8, 4) is 0 Å². The molecule has 0 aliphatic heterocycles. The second-order valence-corrected chi connectivity index (χ2v) is 6.68. The summed E-state index contributed by atoms with van der Waals surface area (Å²) in [7, 11) is 1.54. The monoisotopic (exact) mass is 301 g/mol. The first kappa shape index (κ1) is 16.3. The summed E-state index contributed by atoms with van der Waals surface area (Å²) in [6.45, 7) is 4.33. The molecule has 1 aromatic rings. The minimum Gasteiger partial charge on any atom is -0.376 e. The van der Waals surface area contributed by atoms with Crippen molar-refractivity contribution in [3.63, 3.8) is 0 Å². The summed E-state index contributed by atoms with van der Waals surface area (Å²) >= 11 is 0. The van der Waals surface area contributed by atoms with Crippen molar-refractivity contribution in [2.24, 2.45) is 11.1 Å². The predicted octanol–water partition coefficient (Wildman–Crippen LogP) is 4.09. The van der Waals surface area contributed by atoms with Gasteiger partial charge in [0, 0.05) is 12.7 Å². The van der Waals surface area contributed by atoms with Gasteiger partial charge in [-0.2, -0.15) is 0 Å². The third-order valence-corrected chi connectivity index (χ3v) is 4.82. The van der Waals surface area contributed by atoms with Gasteiger partial charge in [0.2, 0.25) is 0 Å². The van der Waals surface area contributed by atoms with Crippen LogP contribution in [0.25, 0.3) is 0 Å². The Morgan fingerprint density at radius 1 is 1.05 bits per heavy atom. The first-order valence-electron chi connectivity index (χ1n) is 7.16. The fraction of sp³-hybridized carbons (Fsp3) is 0.625. The summed E-state index contributed by atoms with van der Waals surface area (Å²) in [6.07, 6.45) is 3.10. The van der Waals surface area contributed by atoms with E-state index >= 15 is 0 Å². The fourth-order valence-corrected chi connectivity index (χ4v) is 3.06. The molecule has 0 bridgehead atoms. The lowest BCUT2D eigenvalue weighted by atomic mass is 9.67. The van der Waals surface area contributed by atoms with Gasteiger partial charge in [0.1, 0.15) is 0 Å². The van der Waals surface area contributed by atoms with Gasteiger partial charge in [0.25, 0.3) is 0 Å². The van der Waals surface area contributed by atoms with Gasteiger partial charge < -0.3 is 10.5 Å². The van der Waals surface area contributed by atoms with Gasteiger partial charge in [0.15, 0.2) is 17.5 Å². The molecule has 0 radical (unpaired) electrons. The van der Waals surface area contributed by atoms with Gasteiger partial charge >= 0.3 is 0 Å². The highest BCUT2D eigenvalue weighted by Crippen LogP contribution is 2.47. The summed E-state index contributed by atoms with van der Waals surface area (Å²) in [6, 6.07) is 1.29. The molecule has 0 spiro atoms. The molecular formula is C16H22F3NO. The molecule has 0 amide bonds. The first-order valence-corrected chi connectivity index (χ1v) is 7.16. The molecule has 1 saturated carbocycles. The number of hydrogen-bond donors (Lipinski definition) is 1. The highest BCUT2D eigenvalue weighted by atomic mass is 19.2. The van der Waals surface area contributed by atoms with Crippen molar-refractivity contribution < 1.29 is 17.9 Å². The Morgan fingerprint density at radius 2 is 1.62 bits per heavy atom. The van der Waals surface area contributed by atoms with Gasteiger partial charge in [-0.25, -0.2) is 13.2 Å². The second kappa shape index (κ2) is 5.61. The third kappa shape index (κ3) is 2.94. The molecule has 1 unspecified atom stereocenters. The summed E-state index contributed by atoms with van der Waals surface area (Å²) in [5.41, 5.74) is 5.59. The fourth-order valence-electron chi connectivity index (χ4n) is 3.06. The maximum absolute atomic E-state index is 14.0. The van der Waals surface area contributed by atoms with Gasteiger partial charge in [-0.3, -0.25) is 0 Å². The molecule has 118 valence electrons. The molecule has 21 heavy (non-hydrogen) atoms. The normalized spacial score (nSPS) is 22.0. The Bertz CT molecular complexity index is 520. The molecule has 1 aromatic carbocycles. The molecule has 0 aromatic heterocycles. The van der Waals surface area contributed by atoms with Gasteiger partial charge in [-0.1, -0.05) is 19.9 Å². The van der Waals surface area contributed by atoms with Crippen LogP contribution >= 0.6 is 0 Å². The Morgan fingerprint density at radius 3 is 2.14 bits per heavy atom. The van der Waals surface area contributed by atoms with E-state index in [1.165, 1.54) is 13.2 Å². The highest BCUT2D eigenvalue weighted by molar-refractivity contribution is 5.26. The molecule has 0 saturated heterocycles. The van der Waals surface area contributed by atoms with Crippen LogP contribution in [0.3, 0.4) is 0 Å². The zero-order valence-electron chi connectivity index (χ0n) is 12.7. The van der Waals surface area contributed by atoms with Gasteiger partial charge in [-0.05, 0) is 37.2 Å². The zero-order valence-corrected chi connectivity index (χ0v) is 12.7. The number of benzene rings is 1. The van der Waals surface area contributed by atoms with E-state index in [-0.39, 0.29) is 11.0 Å². The highest BCUT2D eigenvalue weighted by Gasteiger charge is 2.44. The number of methoxy groups -OCH3 is 1. The Labute approximate surface area is 123 Å². The van der Waals surface area contributed by atoms with E-state index in [2.05, 4.69) is 13.8 Å². The van der Waals surface area contributed by atoms with Crippen LogP contribution in [-0.2, 0) is 4.74 Å². The van der Waals surface area contributed by atoms with Crippen molar-refractivity contribution in [1.29, 1.82) is 0 Å². The number of hydrogen-bond acceptors (Lipinski definition) is 2. The van der Waals surface area contributed by atoms with Crippen LogP contribution in [0.5, 0.6) is 0 Å². The Hall–Kier alpha value is -1.07. The van der Waals surface area contributed by atoms with E-state index in [9.17, 15) is 13.2 Å². The molecule has 1 atom stereocenters. The van der Waals surface area contributed by atoms with Crippen molar-refractivity contribution in [1.82, 2.24) is 0 Å². The van der Waals surface area contributed by atoms with E-state index < -0.39 is 29.1 Å². The van der Waals surface area contributed by atoms with Crippen LogP contribution in [0, 0.1) is 22.9 Å². The molecule has 1 aliphatic carbocycles. The van der Waals surface area contributed by atoms with Crippen molar-refractivity contribution >= 4 is 0 Å². The maximum atomic E-state index is 14.0. The first-order chi connectivity index (χ1) is 9.72. The molecule has 5 heteroatoms. The van der Waals surface area contributed by atoms with E-state index in [1.807, 2.05) is 0 Å². The lowest BCUT2D eigenvalue weighted by molar-refractivity contribution is -0.0801. The van der Waals surface area contributed by atoms with Crippen molar-refractivity contribution in [2.45, 2.75) is 51.2 Å². The molecule has 1 aliphatic rings. The van der Waals surface area contributed by atoms with E-state index in [0.717, 1.165) is 18.9 Å². The van der Waals surface area contributed by atoms with Crippen LogP contribution < -0.4 is 5.73 Å². The minimum atomic E-state index is -1.48. The summed E-state index contributed by atoms with van der Waals surface area (Å²) < 4.78 is 46.1. The minimum absolute atomic E-state index is 0.0320. The van der Waals surface area contributed by atoms with Crippen LogP contribution in [0.1, 0.15) is 51.1 Å². The molecule has 0 heterocycles.